The first-order valence-electron chi connectivity index (χ1n) is 13.1. The number of hydrogen-bond acceptors (Lipinski definition) is 3. The largest absolute Gasteiger partial charge is 0.454 e. The van der Waals surface area contributed by atoms with Crippen molar-refractivity contribution >= 4 is 75.4 Å². The zero-order valence-corrected chi connectivity index (χ0v) is 21.5. The normalized spacial score (nSPS) is 12.1. The van der Waals surface area contributed by atoms with Crippen molar-refractivity contribution in [3.05, 3.63) is 115 Å². The van der Waals surface area contributed by atoms with Gasteiger partial charge in [0.2, 0.25) is 0 Å². The molecule has 0 aliphatic carbocycles. The lowest BCUT2D eigenvalue weighted by atomic mass is 9.94. The van der Waals surface area contributed by atoms with E-state index in [0.717, 1.165) is 49.9 Å². The van der Waals surface area contributed by atoms with Gasteiger partial charge < -0.3 is 9.40 Å². The SMILES string of the molecule is c1ccc2c(c1)[nH]c1c(-c3nc4c(cc3-c3cccc5sc6ccccc6c35)oc3ccccc34)cccc12. The van der Waals surface area contributed by atoms with Gasteiger partial charge in [-0.15, -0.1) is 11.3 Å². The van der Waals surface area contributed by atoms with E-state index in [-0.39, 0.29) is 0 Å². The van der Waals surface area contributed by atoms with Crippen molar-refractivity contribution in [1.29, 1.82) is 0 Å². The van der Waals surface area contributed by atoms with Crippen LogP contribution in [0.1, 0.15) is 0 Å². The third kappa shape index (κ3) is 2.95. The van der Waals surface area contributed by atoms with Gasteiger partial charge in [0, 0.05) is 53.0 Å². The second-order valence-corrected chi connectivity index (χ2v) is 11.1. The van der Waals surface area contributed by atoms with E-state index in [1.165, 1.54) is 36.5 Å². The summed E-state index contributed by atoms with van der Waals surface area (Å²) in [7, 11) is 0. The molecule has 3 nitrogen and oxygen atoms in total. The molecule has 4 heterocycles. The van der Waals surface area contributed by atoms with Gasteiger partial charge in [0.25, 0.3) is 0 Å². The van der Waals surface area contributed by atoms with E-state index in [0.29, 0.717) is 0 Å². The number of furan rings is 1. The lowest BCUT2D eigenvalue weighted by Crippen LogP contribution is -1.92. The van der Waals surface area contributed by atoms with Crippen LogP contribution in [-0.4, -0.2) is 9.97 Å². The van der Waals surface area contributed by atoms with Crippen LogP contribution in [0.3, 0.4) is 0 Å². The molecule has 0 spiro atoms. The molecule has 0 fully saturated rings. The van der Waals surface area contributed by atoms with Gasteiger partial charge >= 0.3 is 0 Å². The van der Waals surface area contributed by atoms with Gasteiger partial charge in [-0.3, -0.25) is 0 Å². The van der Waals surface area contributed by atoms with E-state index in [9.17, 15) is 0 Å². The van der Waals surface area contributed by atoms with Gasteiger partial charge in [-0.2, -0.15) is 0 Å². The number of thiophene rings is 1. The van der Waals surface area contributed by atoms with Crippen molar-refractivity contribution in [3.63, 3.8) is 0 Å². The number of aromatic amines is 1. The van der Waals surface area contributed by atoms with Gasteiger partial charge in [-0.25, -0.2) is 4.98 Å². The molecule has 0 bridgehead atoms. The van der Waals surface area contributed by atoms with E-state index >= 15 is 0 Å². The molecular formula is C35H20N2OS. The van der Waals surface area contributed by atoms with Crippen molar-refractivity contribution in [2.75, 3.05) is 0 Å². The van der Waals surface area contributed by atoms with Gasteiger partial charge in [0.15, 0.2) is 5.58 Å². The number of rotatable bonds is 2. The molecule has 0 saturated heterocycles. The fourth-order valence-electron chi connectivity index (χ4n) is 6.12. The van der Waals surface area contributed by atoms with Gasteiger partial charge in [0.05, 0.1) is 11.2 Å². The molecule has 0 amide bonds. The number of benzene rings is 5. The molecule has 4 heteroatoms. The third-order valence-electron chi connectivity index (χ3n) is 7.84. The Bertz CT molecular complexity index is 2410. The highest BCUT2D eigenvalue weighted by molar-refractivity contribution is 7.25. The summed E-state index contributed by atoms with van der Waals surface area (Å²) in [6.45, 7) is 0. The molecule has 0 aliphatic heterocycles. The lowest BCUT2D eigenvalue weighted by molar-refractivity contribution is 0.668. The second-order valence-electron chi connectivity index (χ2n) is 10.0. The summed E-state index contributed by atoms with van der Waals surface area (Å²) in [5.74, 6) is 0. The van der Waals surface area contributed by atoms with Gasteiger partial charge in [-0.05, 0) is 42.0 Å². The van der Waals surface area contributed by atoms with E-state index in [1.807, 2.05) is 29.5 Å². The Morgan fingerprint density at radius 3 is 2.23 bits per heavy atom. The van der Waals surface area contributed by atoms with Crippen LogP contribution in [0.4, 0.5) is 0 Å². The number of pyridine rings is 1. The van der Waals surface area contributed by atoms with Crippen molar-refractivity contribution < 1.29 is 4.42 Å². The smallest absolute Gasteiger partial charge is 0.154 e. The van der Waals surface area contributed by atoms with Crippen LogP contribution >= 0.6 is 11.3 Å². The minimum absolute atomic E-state index is 0.801. The molecule has 4 aromatic heterocycles. The summed E-state index contributed by atoms with van der Waals surface area (Å²) in [4.78, 5) is 9.09. The second kappa shape index (κ2) is 7.79. The molecule has 5 aromatic carbocycles. The Morgan fingerprint density at radius 1 is 0.564 bits per heavy atom. The summed E-state index contributed by atoms with van der Waals surface area (Å²) in [6.07, 6.45) is 0. The van der Waals surface area contributed by atoms with Crippen molar-refractivity contribution in [3.8, 4) is 22.4 Å². The van der Waals surface area contributed by atoms with Crippen molar-refractivity contribution in [2.45, 2.75) is 0 Å². The molecule has 0 saturated carbocycles. The fourth-order valence-corrected chi connectivity index (χ4v) is 7.25. The molecule has 9 aromatic rings. The highest BCUT2D eigenvalue weighted by Gasteiger charge is 2.21. The number of nitrogens with one attached hydrogen (secondary N) is 1. The number of fused-ring (bicyclic) bond motifs is 9. The van der Waals surface area contributed by atoms with Crippen LogP contribution < -0.4 is 0 Å². The van der Waals surface area contributed by atoms with Gasteiger partial charge in [0.1, 0.15) is 11.1 Å². The summed E-state index contributed by atoms with van der Waals surface area (Å²) >= 11 is 1.84. The quantitative estimate of drug-likeness (QED) is 0.248. The van der Waals surface area contributed by atoms with Crippen LogP contribution in [0.2, 0.25) is 0 Å². The summed E-state index contributed by atoms with van der Waals surface area (Å²) < 4.78 is 8.91. The number of aromatic nitrogens is 2. The number of H-pyrrole nitrogens is 1. The van der Waals surface area contributed by atoms with E-state index < -0.39 is 0 Å². The summed E-state index contributed by atoms with van der Waals surface area (Å²) in [5.41, 5.74) is 9.05. The first-order chi connectivity index (χ1) is 19.3. The van der Waals surface area contributed by atoms with Crippen LogP contribution in [0.15, 0.2) is 120 Å². The van der Waals surface area contributed by atoms with E-state index in [2.05, 4.69) is 102 Å². The monoisotopic (exact) mass is 516 g/mol. The minimum Gasteiger partial charge on any atom is -0.454 e. The summed E-state index contributed by atoms with van der Waals surface area (Å²) in [5, 5.41) is 5.99. The first-order valence-corrected chi connectivity index (χ1v) is 13.9. The van der Waals surface area contributed by atoms with Gasteiger partial charge in [-0.1, -0.05) is 78.9 Å². The molecule has 1 N–H and O–H groups in total. The number of nitrogens with zero attached hydrogens (tertiary/aromatic N) is 1. The summed E-state index contributed by atoms with van der Waals surface area (Å²) in [6, 6.07) is 40.6. The molecule has 0 aliphatic rings. The molecule has 182 valence electrons. The predicted octanol–water partition coefficient (Wildman–Crippen LogP) is 10.3. The highest BCUT2D eigenvalue weighted by atomic mass is 32.1. The third-order valence-corrected chi connectivity index (χ3v) is 8.97. The standard InChI is InChI=1S/C35H20N2OS/c1-4-15-27-20(9-1)22-13-7-14-25(33(22)36-27)34-26(19-29-35(37-34)23-10-2-5-16-28(23)38-29)21-12-8-18-31-32(21)24-11-3-6-17-30(24)39-31/h1-19,36H. The van der Waals surface area contributed by atoms with E-state index in [1.54, 1.807) is 0 Å². The Kier molecular flexibility index (Phi) is 4.21. The Hall–Kier alpha value is -4.93. The van der Waals surface area contributed by atoms with Crippen molar-refractivity contribution in [2.24, 2.45) is 0 Å². The average molecular weight is 517 g/mol. The number of hydrogen-bond donors (Lipinski definition) is 1. The van der Waals surface area contributed by atoms with E-state index in [4.69, 9.17) is 9.40 Å². The highest BCUT2D eigenvalue weighted by Crippen LogP contribution is 2.45. The maximum atomic E-state index is 6.35. The minimum atomic E-state index is 0.801. The zero-order chi connectivity index (χ0) is 25.5. The molecular weight excluding hydrogens is 496 g/mol. The number of para-hydroxylation sites is 3. The average Bonchev–Trinajstić information content (AvgIpc) is 3.67. The molecule has 0 atom stereocenters. The predicted molar refractivity (Wildman–Crippen MR) is 165 cm³/mol. The van der Waals surface area contributed by atoms with Crippen LogP contribution in [-0.2, 0) is 0 Å². The molecule has 39 heavy (non-hydrogen) atoms. The van der Waals surface area contributed by atoms with Crippen molar-refractivity contribution in [1.82, 2.24) is 9.97 Å². The van der Waals surface area contributed by atoms with Crippen LogP contribution in [0.25, 0.3) is 86.4 Å². The van der Waals surface area contributed by atoms with Crippen LogP contribution in [0.5, 0.6) is 0 Å². The Balaban J connectivity index is 1.46. The maximum Gasteiger partial charge on any atom is 0.154 e. The zero-order valence-electron chi connectivity index (χ0n) is 20.7. The first kappa shape index (κ1) is 21.1. The lowest BCUT2D eigenvalue weighted by Gasteiger charge is -2.12. The molecule has 0 radical (unpaired) electrons. The van der Waals surface area contributed by atoms with Crippen LogP contribution in [0, 0.1) is 0 Å². The Morgan fingerprint density at radius 2 is 1.28 bits per heavy atom. The maximum absolute atomic E-state index is 6.35. The topological polar surface area (TPSA) is 41.8 Å². The fraction of sp³-hybridized carbons (Fsp3) is 0. The Labute approximate surface area is 226 Å². The molecule has 9 rings (SSSR count). The molecule has 0 unspecified atom stereocenters.